The maximum Gasteiger partial charge on any atom is 1.00 e. The van der Waals surface area contributed by atoms with Crippen molar-refractivity contribution >= 4 is 128 Å². The molecule has 0 aliphatic carbocycles. The normalized spacial score (nSPS) is 13.5. The van der Waals surface area contributed by atoms with Crippen molar-refractivity contribution in [3.05, 3.63) is 91.5 Å². The van der Waals surface area contributed by atoms with Crippen LogP contribution in [0.25, 0.3) is 5.32 Å². The van der Waals surface area contributed by atoms with Crippen LogP contribution >= 0.6 is 92.8 Å². The van der Waals surface area contributed by atoms with Crippen molar-refractivity contribution in [2.45, 2.75) is 6.92 Å². The largest absolute Gasteiger partial charge is 1.00 e. The molecule has 4 rings (SSSR count). The van der Waals surface area contributed by atoms with E-state index in [0.29, 0.717) is 16.9 Å². The van der Waals surface area contributed by atoms with E-state index >= 15 is 0 Å². The Balaban J connectivity index is 0.00000267. The maximum absolute atomic E-state index is 12.5. The molecule has 1 aliphatic rings. The number of halogens is 8. The zero-order valence-electron chi connectivity index (χ0n) is 20.0. The van der Waals surface area contributed by atoms with Gasteiger partial charge in [0.15, 0.2) is 5.91 Å². The van der Waals surface area contributed by atoms with Gasteiger partial charge in [-0.1, -0.05) is 98.9 Å². The molecule has 0 fully saturated rings. The number of benzene rings is 3. The van der Waals surface area contributed by atoms with Crippen molar-refractivity contribution in [1.29, 1.82) is 0 Å². The van der Waals surface area contributed by atoms with Crippen LogP contribution in [0.3, 0.4) is 0 Å². The summed E-state index contributed by atoms with van der Waals surface area (Å²) in [5.41, 5.74) is 7.35. The molecule has 0 aromatic heterocycles. The van der Waals surface area contributed by atoms with Crippen molar-refractivity contribution in [2.24, 2.45) is 15.7 Å². The smallest absolute Gasteiger partial charge is 0.435 e. The average molecular weight is 702 g/mol. The molecule has 3 aromatic rings. The fourth-order valence-corrected chi connectivity index (χ4v) is 5.46. The number of rotatable bonds is 4. The summed E-state index contributed by atoms with van der Waals surface area (Å²) in [6.45, 7) is 1.70. The Hall–Kier alpha value is 0.260. The number of aliphatic imine (C=N–C) groups is 2. The Morgan fingerprint density at radius 2 is 1.31 bits per heavy atom. The molecule has 1 heterocycles. The molecule has 3 aromatic carbocycles. The van der Waals surface area contributed by atoms with Gasteiger partial charge in [-0.15, -0.1) is 5.56 Å². The van der Waals surface area contributed by atoms with Crippen LogP contribution < -0.4 is 64.8 Å². The van der Waals surface area contributed by atoms with E-state index in [-0.39, 0.29) is 133 Å². The number of amides is 1. The third kappa shape index (κ3) is 6.46. The number of hydrogen-bond donors (Lipinski definition) is 1. The third-order valence-corrected chi connectivity index (χ3v) is 8.89. The first-order chi connectivity index (χ1) is 17.4. The van der Waals surface area contributed by atoms with Crippen LogP contribution in [0.4, 0.5) is 11.4 Å². The van der Waals surface area contributed by atoms with Gasteiger partial charge < -0.3 is 20.8 Å². The van der Waals surface area contributed by atoms with Gasteiger partial charge in [0, 0.05) is 21.2 Å². The van der Waals surface area contributed by atoms with E-state index in [4.69, 9.17) is 98.5 Å². The summed E-state index contributed by atoms with van der Waals surface area (Å²) >= 11 is 49.4. The van der Waals surface area contributed by atoms with E-state index in [9.17, 15) is 9.59 Å². The van der Waals surface area contributed by atoms with Crippen molar-refractivity contribution in [3.8, 4) is 0 Å². The van der Waals surface area contributed by atoms with Crippen LogP contribution in [0.5, 0.6) is 0 Å². The maximum atomic E-state index is 12.5. The number of nitrogens with two attached hydrogens (primary N) is 1. The molecule has 0 radical (unpaired) electrons. The molecule has 0 saturated carbocycles. The molecule has 0 spiro atoms. The molecular formula is C23H8Cl8N4Na2O2. The zero-order chi connectivity index (χ0) is 27.3. The van der Waals surface area contributed by atoms with Gasteiger partial charge in [-0.25, -0.2) is 4.99 Å². The fourth-order valence-electron chi connectivity index (χ4n) is 3.45. The Morgan fingerprint density at radius 1 is 0.795 bits per heavy atom. The topological polar surface area (TPSA) is 99.0 Å². The summed E-state index contributed by atoms with van der Waals surface area (Å²) in [7, 11) is 0. The second kappa shape index (κ2) is 14.2. The molecule has 16 heteroatoms. The third-order valence-electron chi connectivity index (χ3n) is 5.28. The fraction of sp³-hybridized carbons (Fsp3) is 0.0435. The molecule has 0 bridgehead atoms. The molecule has 1 amide bonds. The van der Waals surface area contributed by atoms with E-state index in [1.165, 1.54) is 0 Å². The van der Waals surface area contributed by atoms with Crippen molar-refractivity contribution in [2.75, 3.05) is 0 Å². The van der Waals surface area contributed by atoms with Crippen molar-refractivity contribution in [3.63, 3.8) is 0 Å². The van der Waals surface area contributed by atoms with Gasteiger partial charge in [-0.3, -0.25) is 4.79 Å². The van der Waals surface area contributed by atoms with Gasteiger partial charge in [-0.2, -0.15) is 11.6 Å². The molecule has 2 N–H and O–H groups in total. The van der Waals surface area contributed by atoms with Crippen LogP contribution in [0.1, 0.15) is 32.6 Å². The first-order valence-corrected chi connectivity index (χ1v) is 12.8. The molecule has 6 nitrogen and oxygen atoms in total. The summed E-state index contributed by atoms with van der Waals surface area (Å²) in [6.07, 6.45) is 1.67. The molecule has 0 unspecified atom stereocenters. The number of amidine groups is 2. The van der Waals surface area contributed by atoms with Gasteiger partial charge in [0.25, 0.3) is 0 Å². The SMILES string of the molecule is Cc1c(N=C(N)c2c(Cl)c(Cl)c(Cl)c(Cl)c2[C-]=O)cccc1N=C1[N-]C(=O)c2c(Cl)c(Cl)c(Cl)c(Cl)c21.[Na+].[Na+]. The van der Waals surface area contributed by atoms with Crippen LogP contribution in [-0.2, 0) is 4.79 Å². The first-order valence-electron chi connectivity index (χ1n) is 9.79. The quantitative estimate of drug-likeness (QED) is 0.113. The summed E-state index contributed by atoms with van der Waals surface area (Å²) in [4.78, 5) is 33.0. The van der Waals surface area contributed by atoms with Crippen molar-refractivity contribution in [1.82, 2.24) is 0 Å². The van der Waals surface area contributed by atoms with E-state index in [2.05, 4.69) is 15.3 Å². The number of carbonyl (C=O) groups is 1. The number of fused-ring (bicyclic) bond motifs is 1. The summed E-state index contributed by atoms with van der Waals surface area (Å²) in [5.74, 6) is -0.863. The minimum Gasteiger partial charge on any atom is -0.435 e. The van der Waals surface area contributed by atoms with Gasteiger partial charge >= 0.3 is 59.1 Å². The van der Waals surface area contributed by atoms with Gasteiger partial charge in [0.05, 0.1) is 42.9 Å². The van der Waals surface area contributed by atoms with E-state index in [1.54, 1.807) is 31.4 Å². The number of hydrogen-bond acceptors (Lipinski definition) is 4. The molecule has 39 heavy (non-hydrogen) atoms. The van der Waals surface area contributed by atoms with Crippen LogP contribution in [0.15, 0.2) is 28.2 Å². The van der Waals surface area contributed by atoms with Crippen LogP contribution in [0.2, 0.25) is 40.2 Å². The molecular weight excluding hydrogens is 694 g/mol. The van der Waals surface area contributed by atoms with Gasteiger partial charge in [0.2, 0.25) is 0 Å². The first kappa shape index (κ1) is 35.5. The average Bonchev–Trinajstić information content (AvgIpc) is 3.19. The Kier molecular flexibility index (Phi) is 12.9. The Labute approximate surface area is 307 Å². The molecule has 0 saturated heterocycles. The predicted molar refractivity (Wildman–Crippen MR) is 153 cm³/mol. The van der Waals surface area contributed by atoms with Gasteiger partial charge in [0.1, 0.15) is 0 Å². The zero-order valence-corrected chi connectivity index (χ0v) is 30.0. The molecule has 0 atom stereocenters. The van der Waals surface area contributed by atoms with E-state index in [0.717, 1.165) is 0 Å². The second-order valence-electron chi connectivity index (χ2n) is 7.38. The minimum atomic E-state index is -0.668. The summed E-state index contributed by atoms with van der Waals surface area (Å²) in [6, 6.07) is 4.92. The standard InChI is InChI=1S/C23H9Cl8N4O2.2Na/c1-6-8(33-21(32)10-7(5-36)13(24)17(28)18(29)14(10)25)3-2-4-9(6)34-22-11-12(23(37)35-22)16(27)20(31)19(30)15(11)26;;/h2-4H,1H3,(H3,32,33,34,35,37);;/q-1;2*+1/p-1. The van der Waals surface area contributed by atoms with Gasteiger partial charge in [-0.05, 0) is 35.1 Å². The Bertz CT molecular complexity index is 1610. The second-order valence-corrected chi connectivity index (χ2v) is 10.4. The minimum absolute atomic E-state index is 0. The van der Waals surface area contributed by atoms with E-state index < -0.39 is 5.91 Å². The van der Waals surface area contributed by atoms with Crippen molar-refractivity contribution < 1.29 is 68.7 Å². The Morgan fingerprint density at radius 3 is 1.90 bits per heavy atom. The molecule has 190 valence electrons. The van der Waals surface area contributed by atoms with E-state index in [1.807, 2.05) is 0 Å². The predicted octanol–water partition coefficient (Wildman–Crippen LogP) is 3.33. The number of carbonyl (C=O) groups excluding carboxylic acids is 2. The van der Waals surface area contributed by atoms with Crippen LogP contribution in [0, 0.1) is 6.92 Å². The number of nitrogens with zero attached hydrogens (tertiary/aromatic N) is 3. The monoisotopic (exact) mass is 698 g/mol. The summed E-state index contributed by atoms with van der Waals surface area (Å²) in [5, 5.41) is 3.27. The van der Waals surface area contributed by atoms with Crippen LogP contribution in [-0.4, -0.2) is 23.9 Å². The molecule has 1 aliphatic heterocycles. The summed E-state index contributed by atoms with van der Waals surface area (Å²) < 4.78 is 0.